The lowest BCUT2D eigenvalue weighted by atomic mass is 9.87. The summed E-state index contributed by atoms with van der Waals surface area (Å²) >= 11 is 0. The lowest BCUT2D eigenvalue weighted by Crippen LogP contribution is -2.33. The van der Waals surface area contributed by atoms with E-state index in [0.29, 0.717) is 5.69 Å². The minimum Gasteiger partial charge on any atom is -0.326 e. The molecule has 0 fully saturated rings. The third-order valence-electron chi connectivity index (χ3n) is 4.18. The number of anilines is 2. The molecular formula is C21H24F2N2O2. The molecule has 2 rings (SSSR count). The first-order valence-electron chi connectivity index (χ1n) is 8.72. The van der Waals surface area contributed by atoms with E-state index in [2.05, 4.69) is 26.1 Å². The van der Waals surface area contributed by atoms with Crippen LogP contribution in [0.4, 0.5) is 20.2 Å². The summed E-state index contributed by atoms with van der Waals surface area (Å²) in [4.78, 5) is 24.9. The average molecular weight is 374 g/mol. The Kier molecular flexibility index (Phi) is 6.31. The molecule has 0 radical (unpaired) electrons. The molecule has 2 aromatic carbocycles. The summed E-state index contributed by atoms with van der Waals surface area (Å²) in [6.45, 7) is 7.37. The summed E-state index contributed by atoms with van der Waals surface area (Å²) in [7, 11) is 0. The summed E-state index contributed by atoms with van der Waals surface area (Å²) < 4.78 is 27.9. The normalized spacial score (nSPS) is 11.2. The quantitative estimate of drug-likeness (QED) is 0.829. The summed E-state index contributed by atoms with van der Waals surface area (Å²) in [5, 5.41) is 2.73. The second kappa shape index (κ2) is 8.29. The van der Waals surface area contributed by atoms with Gasteiger partial charge in [0.1, 0.15) is 17.3 Å². The highest BCUT2D eigenvalue weighted by molar-refractivity contribution is 5.95. The van der Waals surface area contributed by atoms with E-state index < -0.39 is 23.2 Å². The van der Waals surface area contributed by atoms with Crippen molar-refractivity contribution in [1.29, 1.82) is 0 Å². The van der Waals surface area contributed by atoms with E-state index in [1.54, 1.807) is 12.1 Å². The van der Waals surface area contributed by atoms with Gasteiger partial charge in [-0.1, -0.05) is 39.0 Å². The molecule has 4 nitrogen and oxygen atoms in total. The Bertz CT molecular complexity index is 807. The zero-order chi connectivity index (χ0) is 20.2. The lowest BCUT2D eigenvalue weighted by Gasteiger charge is -2.22. The van der Waals surface area contributed by atoms with Gasteiger partial charge in [0.25, 0.3) is 0 Å². The van der Waals surface area contributed by atoms with Gasteiger partial charge in [-0.2, -0.15) is 0 Å². The molecule has 0 aliphatic heterocycles. The molecule has 0 heterocycles. The zero-order valence-electron chi connectivity index (χ0n) is 16.0. The molecule has 0 saturated heterocycles. The van der Waals surface area contributed by atoms with E-state index in [4.69, 9.17) is 0 Å². The van der Waals surface area contributed by atoms with Crippen molar-refractivity contribution in [3.05, 3.63) is 59.7 Å². The van der Waals surface area contributed by atoms with E-state index in [1.807, 2.05) is 12.1 Å². The number of halogens is 2. The second-order valence-electron chi connectivity index (χ2n) is 7.37. The summed E-state index contributed by atoms with van der Waals surface area (Å²) in [5.41, 5.74) is 1.33. The Morgan fingerprint density at radius 2 is 1.56 bits per heavy atom. The lowest BCUT2D eigenvalue weighted by molar-refractivity contribution is -0.117. The minimum absolute atomic E-state index is 0.00829. The fraction of sp³-hybridized carbons (Fsp3) is 0.333. The largest absolute Gasteiger partial charge is 0.326 e. The third-order valence-corrected chi connectivity index (χ3v) is 4.18. The fourth-order valence-electron chi connectivity index (χ4n) is 2.66. The van der Waals surface area contributed by atoms with Crippen molar-refractivity contribution in [2.24, 2.45) is 0 Å². The maximum atomic E-state index is 13.9. The molecule has 2 amide bonds. The smallest absolute Gasteiger partial charge is 0.226 e. The summed E-state index contributed by atoms with van der Waals surface area (Å²) in [6.07, 6.45) is -0.0889. The number of nitrogens with zero attached hydrogens (tertiary/aromatic N) is 1. The van der Waals surface area contributed by atoms with Gasteiger partial charge in [0, 0.05) is 25.6 Å². The van der Waals surface area contributed by atoms with Crippen LogP contribution >= 0.6 is 0 Å². The van der Waals surface area contributed by atoms with Crippen molar-refractivity contribution in [2.45, 2.75) is 39.5 Å². The Hall–Kier alpha value is -2.76. The van der Waals surface area contributed by atoms with Crippen molar-refractivity contribution >= 4 is 23.2 Å². The highest BCUT2D eigenvalue weighted by Gasteiger charge is 2.21. The Morgan fingerprint density at radius 3 is 2.04 bits per heavy atom. The van der Waals surface area contributed by atoms with Gasteiger partial charge in [0.2, 0.25) is 11.8 Å². The van der Waals surface area contributed by atoms with Gasteiger partial charge in [0.05, 0.1) is 0 Å². The predicted octanol–water partition coefficient (Wildman–Crippen LogP) is 4.64. The molecule has 6 heteroatoms. The van der Waals surface area contributed by atoms with Crippen LogP contribution in [-0.4, -0.2) is 18.4 Å². The van der Waals surface area contributed by atoms with Crippen LogP contribution in [0, 0.1) is 11.6 Å². The number of carbonyl (C=O) groups is 2. The molecule has 1 N–H and O–H groups in total. The Labute approximate surface area is 158 Å². The van der Waals surface area contributed by atoms with Crippen molar-refractivity contribution in [2.75, 3.05) is 16.8 Å². The van der Waals surface area contributed by atoms with E-state index in [9.17, 15) is 18.4 Å². The van der Waals surface area contributed by atoms with Gasteiger partial charge >= 0.3 is 0 Å². The van der Waals surface area contributed by atoms with Gasteiger partial charge in [-0.3, -0.25) is 9.59 Å². The van der Waals surface area contributed by atoms with Crippen LogP contribution in [0.1, 0.15) is 39.7 Å². The first-order valence-corrected chi connectivity index (χ1v) is 8.72. The van der Waals surface area contributed by atoms with Gasteiger partial charge in [-0.05, 0) is 35.2 Å². The second-order valence-corrected chi connectivity index (χ2v) is 7.37. The first-order chi connectivity index (χ1) is 12.6. The van der Waals surface area contributed by atoms with E-state index in [0.717, 1.165) is 22.6 Å². The van der Waals surface area contributed by atoms with E-state index in [-0.39, 0.29) is 24.3 Å². The van der Waals surface area contributed by atoms with Crippen LogP contribution < -0.4 is 10.2 Å². The number of nitrogens with one attached hydrogen (secondary N) is 1. The maximum absolute atomic E-state index is 13.9. The van der Waals surface area contributed by atoms with Crippen LogP contribution in [0.15, 0.2) is 42.5 Å². The van der Waals surface area contributed by atoms with Crippen LogP contribution in [-0.2, 0) is 15.0 Å². The molecule has 0 bridgehead atoms. The molecule has 0 spiro atoms. The number of benzene rings is 2. The van der Waals surface area contributed by atoms with Crippen molar-refractivity contribution < 1.29 is 18.4 Å². The Morgan fingerprint density at radius 1 is 1.00 bits per heavy atom. The van der Waals surface area contributed by atoms with Crippen molar-refractivity contribution in [1.82, 2.24) is 0 Å². The van der Waals surface area contributed by atoms with Gasteiger partial charge in [-0.15, -0.1) is 0 Å². The SMILES string of the molecule is CC(=O)N(CCC(=O)Nc1ccc(C(C)(C)C)cc1)c1c(F)cccc1F. The highest BCUT2D eigenvalue weighted by atomic mass is 19.1. The molecule has 0 unspecified atom stereocenters. The summed E-state index contributed by atoms with van der Waals surface area (Å²) in [5.74, 6) is -2.57. The molecule has 144 valence electrons. The minimum atomic E-state index is -0.844. The average Bonchev–Trinajstić information content (AvgIpc) is 2.56. The van der Waals surface area contributed by atoms with E-state index in [1.165, 1.54) is 13.0 Å². The molecule has 2 aromatic rings. The standard InChI is InChI=1S/C21H24F2N2O2/c1-14(26)25(20-17(22)6-5-7-18(20)23)13-12-19(27)24-16-10-8-15(9-11-16)21(2,3)4/h5-11H,12-13H2,1-4H3,(H,24,27). The van der Waals surface area contributed by atoms with Gasteiger partial charge in [-0.25, -0.2) is 8.78 Å². The maximum Gasteiger partial charge on any atom is 0.226 e. The number of rotatable bonds is 5. The van der Waals surface area contributed by atoms with E-state index >= 15 is 0 Å². The van der Waals surface area contributed by atoms with Crippen LogP contribution in [0.2, 0.25) is 0 Å². The molecule has 0 aliphatic carbocycles. The Balaban J connectivity index is 2.03. The monoisotopic (exact) mass is 374 g/mol. The molecule has 0 aromatic heterocycles. The topological polar surface area (TPSA) is 49.4 Å². The van der Waals surface area contributed by atoms with Gasteiger partial charge < -0.3 is 10.2 Å². The van der Waals surface area contributed by atoms with Crippen molar-refractivity contribution in [3.63, 3.8) is 0 Å². The number of amides is 2. The van der Waals surface area contributed by atoms with Crippen molar-refractivity contribution in [3.8, 4) is 0 Å². The van der Waals surface area contributed by atoms with Crippen LogP contribution in [0.5, 0.6) is 0 Å². The number of hydrogen-bond donors (Lipinski definition) is 1. The first kappa shape index (κ1) is 20.6. The molecule has 0 aliphatic rings. The highest BCUT2D eigenvalue weighted by Crippen LogP contribution is 2.25. The van der Waals surface area contributed by atoms with Crippen LogP contribution in [0.3, 0.4) is 0 Å². The predicted molar refractivity (Wildman–Crippen MR) is 103 cm³/mol. The summed E-state index contributed by atoms with van der Waals surface area (Å²) in [6, 6.07) is 10.9. The number of hydrogen-bond acceptors (Lipinski definition) is 2. The molecular weight excluding hydrogens is 350 g/mol. The van der Waals surface area contributed by atoms with Gasteiger partial charge in [0.15, 0.2) is 0 Å². The molecule has 0 saturated carbocycles. The van der Waals surface area contributed by atoms with Crippen LogP contribution in [0.25, 0.3) is 0 Å². The molecule has 0 atom stereocenters. The zero-order valence-corrected chi connectivity index (χ0v) is 16.0. The number of carbonyl (C=O) groups excluding carboxylic acids is 2. The number of para-hydroxylation sites is 1. The third kappa shape index (κ3) is 5.36. The fourth-order valence-corrected chi connectivity index (χ4v) is 2.66. The molecule has 27 heavy (non-hydrogen) atoms.